The average molecular weight is 375 g/mol. The molecule has 0 aliphatic heterocycles. The first kappa shape index (κ1) is 17.7. The van der Waals surface area contributed by atoms with E-state index in [0.29, 0.717) is 17.3 Å². The fourth-order valence-corrected chi connectivity index (χ4v) is 2.74. The fourth-order valence-electron chi connectivity index (χ4n) is 2.74. The Bertz CT molecular complexity index is 1100. The number of aryl methyl sites for hydroxylation is 2. The predicted molar refractivity (Wildman–Crippen MR) is 100 cm³/mol. The predicted octanol–water partition coefficient (Wildman–Crippen LogP) is 4.37. The lowest BCUT2D eigenvalue weighted by molar-refractivity contribution is 0.0428. The summed E-state index contributed by atoms with van der Waals surface area (Å²) in [7, 11) is 0. The molecule has 2 heterocycles. The molecule has 140 valence electrons. The molecule has 0 saturated carbocycles. The second-order valence-corrected chi connectivity index (χ2v) is 6.28. The molecule has 7 heteroatoms. The summed E-state index contributed by atoms with van der Waals surface area (Å²) in [5.41, 5.74) is 3.46. The second-order valence-electron chi connectivity index (χ2n) is 6.28. The highest BCUT2D eigenvalue weighted by Crippen LogP contribution is 2.26. The van der Waals surface area contributed by atoms with Gasteiger partial charge in [0, 0.05) is 11.1 Å². The van der Waals surface area contributed by atoms with Crippen molar-refractivity contribution in [3.8, 4) is 22.6 Å². The number of ether oxygens (including phenoxy) is 1. The monoisotopic (exact) mass is 375 g/mol. The minimum atomic E-state index is -0.562. The highest BCUT2D eigenvalue weighted by atomic mass is 16.6. The molecule has 28 heavy (non-hydrogen) atoms. The number of benzene rings is 2. The van der Waals surface area contributed by atoms with E-state index in [0.717, 1.165) is 16.7 Å². The summed E-state index contributed by atoms with van der Waals surface area (Å²) in [5.74, 6) is 0.471. The van der Waals surface area contributed by atoms with Crippen LogP contribution in [0.3, 0.4) is 0 Å². The zero-order chi connectivity index (χ0) is 19.5. The molecule has 7 nitrogen and oxygen atoms in total. The Kier molecular flexibility index (Phi) is 4.72. The van der Waals surface area contributed by atoms with Crippen LogP contribution in [0.1, 0.15) is 27.6 Å². The van der Waals surface area contributed by atoms with Gasteiger partial charge in [0.15, 0.2) is 6.61 Å². The van der Waals surface area contributed by atoms with Crippen molar-refractivity contribution in [2.24, 2.45) is 0 Å². The molecule has 0 unspecified atom stereocenters. The molecule has 4 rings (SSSR count). The summed E-state index contributed by atoms with van der Waals surface area (Å²) in [6.45, 7) is 3.52. The summed E-state index contributed by atoms with van der Waals surface area (Å²) in [5, 5.41) is 7.92. The van der Waals surface area contributed by atoms with Crippen LogP contribution in [0, 0.1) is 13.8 Å². The highest BCUT2D eigenvalue weighted by molar-refractivity contribution is 5.97. The topological polar surface area (TPSA) is 91.2 Å². The van der Waals surface area contributed by atoms with Crippen molar-refractivity contribution in [2.45, 2.75) is 20.5 Å². The first-order valence-electron chi connectivity index (χ1n) is 8.70. The van der Waals surface area contributed by atoms with Crippen LogP contribution < -0.4 is 0 Å². The molecule has 2 aromatic carbocycles. The van der Waals surface area contributed by atoms with Crippen molar-refractivity contribution >= 4 is 5.97 Å². The van der Waals surface area contributed by atoms with E-state index < -0.39 is 5.97 Å². The lowest BCUT2D eigenvalue weighted by Crippen LogP contribution is -2.07. The molecule has 0 saturated heterocycles. The SMILES string of the molecule is Cc1ccc(-c2noc(COC(=O)c3c(-c4ccccc4)noc3C)n2)cc1. The van der Waals surface area contributed by atoms with Crippen molar-refractivity contribution in [3.05, 3.63) is 77.4 Å². The number of hydrogen-bond donors (Lipinski definition) is 0. The van der Waals surface area contributed by atoms with Crippen molar-refractivity contribution in [3.63, 3.8) is 0 Å². The Balaban J connectivity index is 1.49. The van der Waals surface area contributed by atoms with E-state index in [9.17, 15) is 4.79 Å². The molecule has 0 atom stereocenters. The van der Waals surface area contributed by atoms with E-state index in [1.165, 1.54) is 0 Å². The van der Waals surface area contributed by atoms with E-state index in [1.54, 1.807) is 6.92 Å². The van der Waals surface area contributed by atoms with Gasteiger partial charge in [-0.1, -0.05) is 70.5 Å². The molecule has 2 aromatic heterocycles. The third-order valence-corrected chi connectivity index (χ3v) is 4.22. The van der Waals surface area contributed by atoms with Crippen LogP contribution in [0.15, 0.2) is 63.6 Å². The first-order valence-corrected chi connectivity index (χ1v) is 8.70. The molecule has 0 amide bonds. The van der Waals surface area contributed by atoms with E-state index in [-0.39, 0.29) is 18.1 Å². The minimum absolute atomic E-state index is 0.142. The highest BCUT2D eigenvalue weighted by Gasteiger charge is 2.23. The van der Waals surface area contributed by atoms with Gasteiger partial charge in [0.2, 0.25) is 5.82 Å². The van der Waals surface area contributed by atoms with Crippen molar-refractivity contribution < 1.29 is 18.6 Å². The third kappa shape index (κ3) is 3.55. The molecule has 0 fully saturated rings. The van der Waals surface area contributed by atoms with E-state index in [4.69, 9.17) is 13.8 Å². The second kappa shape index (κ2) is 7.48. The first-order chi connectivity index (χ1) is 13.6. The Labute approximate surface area is 160 Å². The van der Waals surface area contributed by atoms with E-state index in [2.05, 4.69) is 15.3 Å². The van der Waals surface area contributed by atoms with Crippen LogP contribution in [-0.2, 0) is 11.3 Å². The Morgan fingerprint density at radius 2 is 1.68 bits per heavy atom. The average Bonchev–Trinajstić information content (AvgIpc) is 3.34. The van der Waals surface area contributed by atoms with Gasteiger partial charge in [-0.05, 0) is 13.8 Å². The summed E-state index contributed by atoms with van der Waals surface area (Å²) in [6, 6.07) is 17.0. The maximum Gasteiger partial charge on any atom is 0.344 e. The zero-order valence-corrected chi connectivity index (χ0v) is 15.4. The van der Waals surface area contributed by atoms with Gasteiger partial charge >= 0.3 is 5.97 Å². The number of nitrogens with zero attached hydrogens (tertiary/aromatic N) is 3. The van der Waals surface area contributed by atoms with Crippen LogP contribution in [-0.4, -0.2) is 21.3 Å². The standard InChI is InChI=1S/C21H17N3O4/c1-13-8-10-16(11-9-13)20-22-17(28-24-20)12-26-21(25)18-14(2)27-23-19(18)15-6-4-3-5-7-15/h3-11H,12H2,1-2H3. The number of carbonyl (C=O) groups is 1. The number of carbonyl (C=O) groups excluding carboxylic acids is 1. The summed E-state index contributed by atoms with van der Waals surface area (Å²) in [4.78, 5) is 16.9. The van der Waals surface area contributed by atoms with Gasteiger partial charge in [-0.25, -0.2) is 4.79 Å². The molecular weight excluding hydrogens is 358 g/mol. The molecule has 0 radical (unpaired) electrons. The van der Waals surface area contributed by atoms with Gasteiger partial charge in [-0.2, -0.15) is 4.98 Å². The lowest BCUT2D eigenvalue weighted by Gasteiger charge is -2.03. The molecule has 0 spiro atoms. The normalized spacial score (nSPS) is 10.8. The van der Waals surface area contributed by atoms with Crippen molar-refractivity contribution in [1.29, 1.82) is 0 Å². The number of aromatic nitrogens is 3. The molecule has 0 bridgehead atoms. The van der Waals surface area contributed by atoms with Crippen LogP contribution in [0.2, 0.25) is 0 Å². The van der Waals surface area contributed by atoms with Crippen molar-refractivity contribution in [1.82, 2.24) is 15.3 Å². The molecule has 0 N–H and O–H groups in total. The summed E-state index contributed by atoms with van der Waals surface area (Å²) < 4.78 is 15.7. The molecular formula is C21H17N3O4. The van der Waals surface area contributed by atoms with E-state index >= 15 is 0 Å². The molecule has 4 aromatic rings. The largest absolute Gasteiger partial charge is 0.452 e. The van der Waals surface area contributed by atoms with E-state index in [1.807, 2.05) is 61.5 Å². The van der Waals surface area contributed by atoms with Crippen LogP contribution in [0.5, 0.6) is 0 Å². The molecule has 0 aliphatic rings. The smallest absolute Gasteiger partial charge is 0.344 e. The maximum atomic E-state index is 12.6. The van der Waals surface area contributed by atoms with Crippen LogP contribution >= 0.6 is 0 Å². The molecule has 0 aliphatic carbocycles. The fraction of sp³-hybridized carbons (Fsp3) is 0.143. The minimum Gasteiger partial charge on any atom is -0.452 e. The number of hydrogen-bond acceptors (Lipinski definition) is 7. The van der Waals surface area contributed by atoms with Gasteiger partial charge in [0.05, 0.1) is 0 Å². The maximum absolute atomic E-state index is 12.6. The quantitative estimate of drug-likeness (QED) is 0.478. The summed E-state index contributed by atoms with van der Waals surface area (Å²) >= 11 is 0. The number of esters is 1. The summed E-state index contributed by atoms with van der Waals surface area (Å²) in [6.07, 6.45) is 0. The Morgan fingerprint density at radius 3 is 2.43 bits per heavy atom. The Morgan fingerprint density at radius 1 is 0.929 bits per heavy atom. The zero-order valence-electron chi connectivity index (χ0n) is 15.4. The van der Waals surface area contributed by atoms with Gasteiger partial charge in [0.25, 0.3) is 5.89 Å². The van der Waals surface area contributed by atoms with Gasteiger partial charge in [0.1, 0.15) is 17.0 Å². The van der Waals surface area contributed by atoms with Gasteiger partial charge < -0.3 is 13.8 Å². The number of rotatable bonds is 5. The van der Waals surface area contributed by atoms with Crippen LogP contribution in [0.25, 0.3) is 22.6 Å². The Hall–Kier alpha value is -3.74. The van der Waals surface area contributed by atoms with Crippen LogP contribution in [0.4, 0.5) is 0 Å². The third-order valence-electron chi connectivity index (χ3n) is 4.22. The van der Waals surface area contributed by atoms with Gasteiger partial charge in [-0.3, -0.25) is 0 Å². The van der Waals surface area contributed by atoms with Crippen molar-refractivity contribution in [2.75, 3.05) is 0 Å². The lowest BCUT2D eigenvalue weighted by atomic mass is 10.1. The van der Waals surface area contributed by atoms with Gasteiger partial charge in [-0.15, -0.1) is 0 Å².